The predicted molar refractivity (Wildman–Crippen MR) is 97.2 cm³/mol. The molecule has 0 atom stereocenters. The van der Waals surface area contributed by atoms with E-state index in [1.54, 1.807) is 0 Å². The molecule has 0 saturated carbocycles. The third kappa shape index (κ3) is 3.19. The highest BCUT2D eigenvalue weighted by Crippen LogP contribution is 2.27. The largest absolute Gasteiger partial charge is 0.313 e. The van der Waals surface area contributed by atoms with Crippen LogP contribution in [0.1, 0.15) is 32.3 Å². The van der Waals surface area contributed by atoms with E-state index in [1.807, 2.05) is 31.0 Å². The van der Waals surface area contributed by atoms with Crippen LogP contribution in [0, 0.1) is 0 Å². The SMILES string of the molecule is CCC(=O)N(CC)c1ccc2cccc(CC3=CCC=N3)c2c1. The van der Waals surface area contributed by atoms with Gasteiger partial charge in [0.1, 0.15) is 0 Å². The van der Waals surface area contributed by atoms with Gasteiger partial charge in [-0.2, -0.15) is 0 Å². The van der Waals surface area contributed by atoms with Gasteiger partial charge in [-0.05, 0) is 35.4 Å². The fourth-order valence-corrected chi connectivity index (χ4v) is 3.07. The van der Waals surface area contributed by atoms with Crippen LogP contribution in [0.3, 0.4) is 0 Å². The molecule has 0 bridgehead atoms. The number of hydrogen-bond donors (Lipinski definition) is 0. The molecule has 0 fully saturated rings. The predicted octanol–water partition coefficient (Wildman–Crippen LogP) is 4.50. The molecular formula is C20H22N2O. The maximum absolute atomic E-state index is 12.1. The third-order valence-corrected chi connectivity index (χ3v) is 4.27. The average Bonchev–Trinajstić information content (AvgIpc) is 3.09. The summed E-state index contributed by atoms with van der Waals surface area (Å²) in [6.45, 7) is 4.61. The van der Waals surface area contributed by atoms with Crippen molar-refractivity contribution in [3.05, 3.63) is 53.7 Å². The molecule has 3 rings (SSSR count). The van der Waals surface area contributed by atoms with Crippen molar-refractivity contribution in [2.75, 3.05) is 11.4 Å². The van der Waals surface area contributed by atoms with E-state index in [2.05, 4.69) is 41.4 Å². The molecule has 0 radical (unpaired) electrons. The summed E-state index contributed by atoms with van der Waals surface area (Å²) in [7, 11) is 0. The summed E-state index contributed by atoms with van der Waals surface area (Å²) >= 11 is 0. The third-order valence-electron chi connectivity index (χ3n) is 4.27. The summed E-state index contributed by atoms with van der Waals surface area (Å²) in [4.78, 5) is 18.4. The summed E-state index contributed by atoms with van der Waals surface area (Å²) < 4.78 is 0. The zero-order chi connectivity index (χ0) is 16.2. The number of benzene rings is 2. The molecule has 3 heteroatoms. The van der Waals surface area contributed by atoms with Crippen LogP contribution in [0.2, 0.25) is 0 Å². The maximum atomic E-state index is 12.1. The summed E-state index contributed by atoms with van der Waals surface area (Å²) in [5.41, 5.74) is 3.36. The lowest BCUT2D eigenvalue weighted by atomic mass is 10.00. The second-order valence-electron chi connectivity index (χ2n) is 5.73. The first-order chi connectivity index (χ1) is 11.2. The second kappa shape index (κ2) is 6.78. The number of nitrogens with zero attached hydrogens (tertiary/aromatic N) is 2. The first-order valence-corrected chi connectivity index (χ1v) is 8.26. The molecule has 1 heterocycles. The van der Waals surface area contributed by atoms with E-state index < -0.39 is 0 Å². The van der Waals surface area contributed by atoms with E-state index in [0.717, 1.165) is 24.2 Å². The topological polar surface area (TPSA) is 32.7 Å². The second-order valence-corrected chi connectivity index (χ2v) is 5.73. The Labute approximate surface area is 137 Å². The Balaban J connectivity index is 2.03. The van der Waals surface area contributed by atoms with Gasteiger partial charge in [-0.1, -0.05) is 37.3 Å². The summed E-state index contributed by atoms with van der Waals surface area (Å²) in [6, 6.07) is 12.6. The van der Waals surface area contributed by atoms with Crippen molar-refractivity contribution in [1.29, 1.82) is 0 Å². The van der Waals surface area contributed by atoms with E-state index in [4.69, 9.17) is 0 Å². The zero-order valence-corrected chi connectivity index (χ0v) is 13.7. The van der Waals surface area contributed by atoms with Gasteiger partial charge in [0.25, 0.3) is 0 Å². The minimum atomic E-state index is 0.160. The molecule has 1 aliphatic heterocycles. The smallest absolute Gasteiger partial charge is 0.226 e. The van der Waals surface area contributed by atoms with Gasteiger partial charge in [-0.3, -0.25) is 9.79 Å². The number of hydrogen-bond acceptors (Lipinski definition) is 2. The Morgan fingerprint density at radius 1 is 1.22 bits per heavy atom. The number of carbonyl (C=O) groups is 1. The van der Waals surface area contributed by atoms with Gasteiger partial charge in [-0.25, -0.2) is 0 Å². The van der Waals surface area contributed by atoms with Crippen molar-refractivity contribution in [3.63, 3.8) is 0 Å². The number of rotatable bonds is 5. The number of allylic oxidation sites excluding steroid dienone is 2. The molecule has 0 unspecified atom stereocenters. The lowest BCUT2D eigenvalue weighted by Gasteiger charge is -2.21. The quantitative estimate of drug-likeness (QED) is 0.800. The first kappa shape index (κ1) is 15.5. The van der Waals surface area contributed by atoms with Crippen molar-refractivity contribution in [3.8, 4) is 0 Å². The Morgan fingerprint density at radius 2 is 2.09 bits per heavy atom. The van der Waals surface area contributed by atoms with Crippen LogP contribution in [-0.2, 0) is 11.2 Å². The van der Waals surface area contributed by atoms with Crippen LogP contribution >= 0.6 is 0 Å². The van der Waals surface area contributed by atoms with Gasteiger partial charge in [-0.15, -0.1) is 0 Å². The first-order valence-electron chi connectivity index (χ1n) is 8.26. The van der Waals surface area contributed by atoms with E-state index in [1.165, 1.54) is 16.3 Å². The van der Waals surface area contributed by atoms with Crippen molar-refractivity contribution >= 4 is 28.6 Å². The molecule has 2 aromatic carbocycles. The standard InChI is InChI=1S/C20H22N2O/c1-3-20(23)22(4-2)18-11-10-15-7-5-8-16(19(15)14-18)13-17-9-6-12-21-17/h5,7-12,14H,3-4,6,13H2,1-2H3. The molecule has 3 nitrogen and oxygen atoms in total. The number of anilines is 1. The molecule has 0 aromatic heterocycles. The van der Waals surface area contributed by atoms with Crippen LogP contribution in [0.15, 0.2) is 53.2 Å². The molecule has 0 spiro atoms. The van der Waals surface area contributed by atoms with E-state index in [-0.39, 0.29) is 5.91 Å². The molecule has 0 saturated heterocycles. The zero-order valence-electron chi connectivity index (χ0n) is 13.7. The minimum Gasteiger partial charge on any atom is -0.313 e. The fraction of sp³-hybridized carbons (Fsp3) is 0.300. The minimum absolute atomic E-state index is 0.160. The Kier molecular flexibility index (Phi) is 4.56. The summed E-state index contributed by atoms with van der Waals surface area (Å²) in [5, 5.41) is 2.41. The molecule has 23 heavy (non-hydrogen) atoms. The van der Waals surface area contributed by atoms with Gasteiger partial charge < -0.3 is 4.90 Å². The lowest BCUT2D eigenvalue weighted by Crippen LogP contribution is -2.29. The Bertz CT molecular complexity index is 789. The number of aliphatic imine (C=N–C) groups is 1. The van der Waals surface area contributed by atoms with E-state index in [9.17, 15) is 4.79 Å². The van der Waals surface area contributed by atoms with Crippen molar-refractivity contribution in [1.82, 2.24) is 0 Å². The number of carbonyl (C=O) groups excluding carboxylic acids is 1. The monoisotopic (exact) mass is 306 g/mol. The van der Waals surface area contributed by atoms with Crippen LogP contribution < -0.4 is 4.90 Å². The van der Waals surface area contributed by atoms with Crippen LogP contribution in [-0.4, -0.2) is 18.7 Å². The molecule has 118 valence electrons. The number of amides is 1. The Morgan fingerprint density at radius 3 is 2.78 bits per heavy atom. The normalized spacial score (nSPS) is 13.4. The average molecular weight is 306 g/mol. The molecule has 2 aromatic rings. The highest BCUT2D eigenvalue weighted by atomic mass is 16.2. The Hall–Kier alpha value is -2.42. The highest BCUT2D eigenvalue weighted by molar-refractivity contribution is 5.97. The van der Waals surface area contributed by atoms with Crippen molar-refractivity contribution in [2.45, 2.75) is 33.1 Å². The molecular weight excluding hydrogens is 284 g/mol. The number of fused-ring (bicyclic) bond motifs is 1. The van der Waals surface area contributed by atoms with Gasteiger partial charge in [0, 0.05) is 43.4 Å². The van der Waals surface area contributed by atoms with E-state index >= 15 is 0 Å². The van der Waals surface area contributed by atoms with Gasteiger partial charge >= 0.3 is 0 Å². The van der Waals surface area contributed by atoms with Crippen molar-refractivity contribution < 1.29 is 4.79 Å². The maximum Gasteiger partial charge on any atom is 0.226 e. The van der Waals surface area contributed by atoms with Crippen molar-refractivity contribution in [2.24, 2.45) is 4.99 Å². The molecule has 0 N–H and O–H groups in total. The van der Waals surface area contributed by atoms with Crippen LogP contribution in [0.4, 0.5) is 5.69 Å². The molecule has 1 aliphatic rings. The summed E-state index contributed by atoms with van der Waals surface area (Å²) in [6.07, 6.45) is 6.41. The van der Waals surface area contributed by atoms with Gasteiger partial charge in [0.2, 0.25) is 5.91 Å². The van der Waals surface area contributed by atoms with Gasteiger partial charge in [0.15, 0.2) is 0 Å². The highest BCUT2D eigenvalue weighted by Gasteiger charge is 2.13. The van der Waals surface area contributed by atoms with Crippen LogP contribution in [0.25, 0.3) is 10.8 Å². The summed E-state index contributed by atoms with van der Waals surface area (Å²) in [5.74, 6) is 0.160. The van der Waals surface area contributed by atoms with E-state index in [0.29, 0.717) is 13.0 Å². The fourth-order valence-electron chi connectivity index (χ4n) is 3.07. The molecule has 1 amide bonds. The van der Waals surface area contributed by atoms with Gasteiger partial charge in [0.05, 0.1) is 0 Å². The van der Waals surface area contributed by atoms with Crippen LogP contribution in [0.5, 0.6) is 0 Å². The molecule has 0 aliphatic carbocycles. The lowest BCUT2D eigenvalue weighted by molar-refractivity contribution is -0.118.